The molecule has 0 radical (unpaired) electrons. The first-order valence-electron chi connectivity index (χ1n) is 6.80. The summed E-state index contributed by atoms with van der Waals surface area (Å²) in [5, 5.41) is 12.0. The third kappa shape index (κ3) is 4.40. The minimum Gasteiger partial charge on any atom is -0.481 e. The van der Waals surface area contributed by atoms with Crippen molar-refractivity contribution in [1.82, 2.24) is 5.32 Å². The highest BCUT2D eigenvalue weighted by molar-refractivity contribution is 5.73. The number of rotatable bonds is 5. The van der Waals surface area contributed by atoms with E-state index < -0.39 is 23.2 Å². The summed E-state index contributed by atoms with van der Waals surface area (Å²) >= 11 is 0. The van der Waals surface area contributed by atoms with Crippen molar-refractivity contribution in [2.24, 2.45) is 11.8 Å². The van der Waals surface area contributed by atoms with Gasteiger partial charge in [-0.05, 0) is 45.4 Å². The Labute approximate surface area is 114 Å². The van der Waals surface area contributed by atoms with Gasteiger partial charge in [-0.25, -0.2) is 4.79 Å². The van der Waals surface area contributed by atoms with Crippen molar-refractivity contribution in [3.8, 4) is 0 Å². The van der Waals surface area contributed by atoms with Crippen molar-refractivity contribution in [3.05, 3.63) is 0 Å². The molecule has 1 atom stereocenters. The van der Waals surface area contributed by atoms with E-state index in [0.29, 0.717) is 0 Å². The molecule has 0 bridgehead atoms. The lowest BCUT2D eigenvalue weighted by molar-refractivity contribution is -0.139. The van der Waals surface area contributed by atoms with E-state index in [-0.39, 0.29) is 18.3 Å². The summed E-state index contributed by atoms with van der Waals surface area (Å²) in [5.41, 5.74) is -1.28. The molecule has 1 saturated carbocycles. The zero-order chi connectivity index (χ0) is 14.8. The Balaban J connectivity index is 2.84. The molecule has 1 amide bonds. The summed E-state index contributed by atoms with van der Waals surface area (Å²) in [6, 6.07) is 0. The predicted octanol–water partition coefficient (Wildman–Crippen LogP) is 2.79. The number of alkyl carbamates (subject to hydrolysis) is 1. The van der Waals surface area contributed by atoms with Crippen LogP contribution in [-0.2, 0) is 9.53 Å². The van der Waals surface area contributed by atoms with Gasteiger partial charge in [-0.3, -0.25) is 4.79 Å². The number of carbonyl (C=O) groups excluding carboxylic acids is 1. The van der Waals surface area contributed by atoms with Crippen LogP contribution in [0, 0.1) is 11.8 Å². The molecule has 0 aromatic carbocycles. The average molecular weight is 271 g/mol. The van der Waals surface area contributed by atoms with Crippen LogP contribution in [0.3, 0.4) is 0 Å². The number of hydrogen-bond donors (Lipinski definition) is 2. The molecule has 1 aliphatic carbocycles. The van der Waals surface area contributed by atoms with E-state index in [9.17, 15) is 9.59 Å². The molecule has 0 saturated heterocycles. The quantitative estimate of drug-likeness (QED) is 0.806. The fourth-order valence-corrected chi connectivity index (χ4v) is 2.45. The number of ether oxygens (including phenoxy) is 1. The SMILES string of the molecule is CC(C)C(CC(=O)O)(NC(=O)OC(C)(C)C)C1CC1. The van der Waals surface area contributed by atoms with Gasteiger partial charge >= 0.3 is 12.1 Å². The van der Waals surface area contributed by atoms with E-state index in [4.69, 9.17) is 9.84 Å². The summed E-state index contributed by atoms with van der Waals surface area (Å²) in [7, 11) is 0. The molecule has 5 heteroatoms. The van der Waals surface area contributed by atoms with Gasteiger partial charge in [0, 0.05) is 0 Å². The molecule has 19 heavy (non-hydrogen) atoms. The van der Waals surface area contributed by atoms with Crippen molar-refractivity contribution in [2.45, 2.75) is 65.0 Å². The molecule has 0 aromatic heterocycles. The average Bonchev–Trinajstić information content (AvgIpc) is 2.94. The summed E-state index contributed by atoms with van der Waals surface area (Å²) in [5.74, 6) is -0.614. The minimum atomic E-state index is -0.892. The number of carboxylic acids is 1. The zero-order valence-electron chi connectivity index (χ0n) is 12.4. The van der Waals surface area contributed by atoms with E-state index in [1.165, 1.54) is 0 Å². The number of aliphatic carboxylic acids is 1. The van der Waals surface area contributed by atoms with Gasteiger partial charge in [0.25, 0.3) is 0 Å². The smallest absolute Gasteiger partial charge is 0.408 e. The van der Waals surface area contributed by atoms with Crippen LogP contribution in [0.4, 0.5) is 4.79 Å². The van der Waals surface area contributed by atoms with Crippen LogP contribution in [0.2, 0.25) is 0 Å². The molecule has 0 aliphatic heterocycles. The number of carbonyl (C=O) groups is 2. The maximum atomic E-state index is 12.0. The van der Waals surface area contributed by atoms with Crippen LogP contribution in [0.15, 0.2) is 0 Å². The molecule has 5 nitrogen and oxygen atoms in total. The Bertz CT molecular complexity index is 351. The van der Waals surface area contributed by atoms with Gasteiger partial charge in [0.2, 0.25) is 0 Å². The lowest BCUT2D eigenvalue weighted by Crippen LogP contribution is -2.56. The summed E-state index contributed by atoms with van der Waals surface area (Å²) < 4.78 is 5.26. The zero-order valence-corrected chi connectivity index (χ0v) is 12.4. The molecule has 1 unspecified atom stereocenters. The van der Waals surface area contributed by atoms with Crippen LogP contribution < -0.4 is 5.32 Å². The van der Waals surface area contributed by atoms with E-state index in [0.717, 1.165) is 12.8 Å². The largest absolute Gasteiger partial charge is 0.481 e. The third-order valence-corrected chi connectivity index (χ3v) is 3.51. The van der Waals surface area contributed by atoms with Crippen molar-refractivity contribution in [1.29, 1.82) is 0 Å². The van der Waals surface area contributed by atoms with Crippen molar-refractivity contribution in [2.75, 3.05) is 0 Å². The molecule has 0 spiro atoms. The highest BCUT2D eigenvalue weighted by atomic mass is 16.6. The first-order valence-corrected chi connectivity index (χ1v) is 6.80. The Morgan fingerprint density at radius 3 is 2.16 bits per heavy atom. The minimum absolute atomic E-state index is 0.0450. The van der Waals surface area contributed by atoms with Crippen molar-refractivity contribution >= 4 is 12.1 Å². The highest BCUT2D eigenvalue weighted by Crippen LogP contribution is 2.45. The first-order chi connectivity index (χ1) is 8.57. The van der Waals surface area contributed by atoms with E-state index in [1.54, 1.807) is 20.8 Å². The number of carboxylic acid groups (broad SMARTS) is 1. The lowest BCUT2D eigenvalue weighted by atomic mass is 9.79. The van der Waals surface area contributed by atoms with Gasteiger partial charge < -0.3 is 15.2 Å². The van der Waals surface area contributed by atoms with Crippen LogP contribution in [0.1, 0.15) is 53.9 Å². The molecule has 1 rings (SSSR count). The highest BCUT2D eigenvalue weighted by Gasteiger charge is 2.50. The number of nitrogens with one attached hydrogen (secondary N) is 1. The molecule has 110 valence electrons. The fourth-order valence-electron chi connectivity index (χ4n) is 2.45. The van der Waals surface area contributed by atoms with Crippen molar-refractivity contribution < 1.29 is 19.4 Å². The van der Waals surface area contributed by atoms with Crippen LogP contribution in [0.25, 0.3) is 0 Å². The van der Waals surface area contributed by atoms with Gasteiger partial charge in [0.15, 0.2) is 0 Å². The molecular formula is C14H25NO4. The van der Waals surface area contributed by atoms with E-state index in [1.807, 2.05) is 13.8 Å². The Kier molecular flexibility index (Phi) is 4.48. The maximum absolute atomic E-state index is 12.0. The number of amides is 1. The van der Waals surface area contributed by atoms with Crippen LogP contribution >= 0.6 is 0 Å². The molecule has 0 aromatic rings. The second kappa shape index (κ2) is 5.39. The fraction of sp³-hybridized carbons (Fsp3) is 0.857. The molecular weight excluding hydrogens is 246 g/mol. The topological polar surface area (TPSA) is 75.6 Å². The van der Waals surface area contributed by atoms with Gasteiger partial charge in [-0.1, -0.05) is 13.8 Å². The Morgan fingerprint density at radius 1 is 1.32 bits per heavy atom. The van der Waals surface area contributed by atoms with E-state index >= 15 is 0 Å². The maximum Gasteiger partial charge on any atom is 0.408 e. The first kappa shape index (κ1) is 15.8. The lowest BCUT2D eigenvalue weighted by Gasteiger charge is -2.38. The van der Waals surface area contributed by atoms with Gasteiger partial charge in [-0.15, -0.1) is 0 Å². The predicted molar refractivity (Wildman–Crippen MR) is 71.9 cm³/mol. The summed E-state index contributed by atoms with van der Waals surface area (Å²) in [4.78, 5) is 23.1. The third-order valence-electron chi connectivity index (χ3n) is 3.51. The van der Waals surface area contributed by atoms with Crippen molar-refractivity contribution in [3.63, 3.8) is 0 Å². The molecule has 0 heterocycles. The normalized spacial score (nSPS) is 18.8. The second-order valence-corrected chi connectivity index (χ2v) is 6.67. The summed E-state index contributed by atoms with van der Waals surface area (Å²) in [6.45, 7) is 9.26. The standard InChI is InChI=1S/C14H25NO4/c1-9(2)14(8-11(16)17,10-6-7-10)15-12(18)19-13(3,4)5/h9-10H,6-8H2,1-5H3,(H,15,18)(H,16,17). The number of hydrogen-bond acceptors (Lipinski definition) is 3. The van der Waals surface area contributed by atoms with Gasteiger partial charge in [-0.2, -0.15) is 0 Å². The summed E-state index contributed by atoms with van der Waals surface area (Å²) in [6.07, 6.45) is 1.33. The molecule has 2 N–H and O–H groups in total. The van der Waals surface area contributed by atoms with Crippen LogP contribution in [-0.4, -0.2) is 28.3 Å². The van der Waals surface area contributed by atoms with Gasteiger partial charge in [0.05, 0.1) is 12.0 Å². The van der Waals surface area contributed by atoms with Gasteiger partial charge in [0.1, 0.15) is 5.60 Å². The monoisotopic (exact) mass is 271 g/mol. The van der Waals surface area contributed by atoms with E-state index in [2.05, 4.69) is 5.32 Å². The molecule has 1 fully saturated rings. The Hall–Kier alpha value is -1.26. The van der Waals surface area contributed by atoms with Crippen LogP contribution in [0.5, 0.6) is 0 Å². The molecule has 1 aliphatic rings. The second-order valence-electron chi connectivity index (χ2n) is 6.67. The Morgan fingerprint density at radius 2 is 1.84 bits per heavy atom.